The van der Waals surface area contributed by atoms with Gasteiger partial charge in [-0.2, -0.15) is 0 Å². The second kappa shape index (κ2) is 9.96. The summed E-state index contributed by atoms with van der Waals surface area (Å²) in [5, 5.41) is 8.26. The van der Waals surface area contributed by atoms with E-state index in [1.165, 1.54) is 5.56 Å². The standard InChI is InChI=1S/C23H19IN2O6S/c24-17-9-14(5-6-18(17)32-13-21(28)29)10-19-22(30)26(23(31)33-19)12-20(27)25-8-7-15-3-1-2-4-16(15)11-25/h1-6,9-10H,7-8,11-13H2,(H,28,29)/b19-10-. The average molecular weight is 578 g/mol. The number of fused-ring (bicyclic) bond motifs is 1. The highest BCUT2D eigenvalue weighted by molar-refractivity contribution is 14.1. The van der Waals surface area contributed by atoms with E-state index in [-0.39, 0.29) is 17.4 Å². The number of carboxylic acids is 1. The van der Waals surface area contributed by atoms with Gasteiger partial charge in [0.2, 0.25) is 5.91 Å². The van der Waals surface area contributed by atoms with Crippen LogP contribution in [0.2, 0.25) is 0 Å². The summed E-state index contributed by atoms with van der Waals surface area (Å²) < 4.78 is 5.87. The van der Waals surface area contributed by atoms with Crippen molar-refractivity contribution in [3.05, 3.63) is 67.6 Å². The van der Waals surface area contributed by atoms with E-state index in [1.54, 1.807) is 29.2 Å². The fourth-order valence-electron chi connectivity index (χ4n) is 3.59. The third kappa shape index (κ3) is 5.38. The van der Waals surface area contributed by atoms with E-state index >= 15 is 0 Å². The number of carbonyl (C=O) groups excluding carboxylic acids is 3. The predicted octanol–water partition coefficient (Wildman–Crippen LogP) is 3.38. The van der Waals surface area contributed by atoms with Crippen LogP contribution in [-0.4, -0.2) is 57.6 Å². The van der Waals surface area contributed by atoms with Gasteiger partial charge >= 0.3 is 5.97 Å². The molecule has 0 unspecified atom stereocenters. The van der Waals surface area contributed by atoms with Gasteiger partial charge < -0.3 is 14.7 Å². The molecule has 0 aliphatic carbocycles. The summed E-state index contributed by atoms with van der Waals surface area (Å²) in [6.07, 6.45) is 2.32. The molecule has 1 saturated heterocycles. The number of carboxylic acid groups (broad SMARTS) is 1. The number of thioether (sulfide) groups is 1. The number of nitrogens with zero attached hydrogens (tertiary/aromatic N) is 2. The summed E-state index contributed by atoms with van der Waals surface area (Å²) >= 11 is 2.80. The number of rotatable bonds is 6. The number of aliphatic carboxylic acids is 1. The summed E-state index contributed by atoms with van der Waals surface area (Å²) in [6.45, 7) is 0.279. The molecule has 1 fully saturated rings. The van der Waals surface area contributed by atoms with E-state index in [9.17, 15) is 19.2 Å². The molecule has 2 heterocycles. The molecular formula is C23H19IN2O6S. The topological polar surface area (TPSA) is 104 Å². The second-order valence-corrected chi connectivity index (χ2v) is 9.63. The van der Waals surface area contributed by atoms with Crippen LogP contribution in [0.4, 0.5) is 4.79 Å². The van der Waals surface area contributed by atoms with Crippen molar-refractivity contribution < 1.29 is 29.0 Å². The van der Waals surface area contributed by atoms with Crippen LogP contribution in [0.25, 0.3) is 6.08 Å². The molecule has 0 bridgehead atoms. The summed E-state index contributed by atoms with van der Waals surface area (Å²) in [6, 6.07) is 12.9. The van der Waals surface area contributed by atoms with Crippen molar-refractivity contribution in [2.75, 3.05) is 19.7 Å². The van der Waals surface area contributed by atoms with Crippen molar-refractivity contribution in [3.63, 3.8) is 0 Å². The summed E-state index contributed by atoms with van der Waals surface area (Å²) in [7, 11) is 0. The molecule has 0 aromatic heterocycles. The molecular weight excluding hydrogens is 559 g/mol. The summed E-state index contributed by atoms with van der Waals surface area (Å²) in [4.78, 5) is 51.6. The predicted molar refractivity (Wildman–Crippen MR) is 131 cm³/mol. The molecule has 2 aromatic carbocycles. The SMILES string of the molecule is O=C(O)COc1ccc(/C=C2\SC(=O)N(CC(=O)N3CCc4ccccc4C3)C2=O)cc1I. The Morgan fingerprint density at radius 1 is 1.15 bits per heavy atom. The lowest BCUT2D eigenvalue weighted by Gasteiger charge is -2.29. The van der Waals surface area contributed by atoms with Gasteiger partial charge in [-0.05, 0) is 75.7 Å². The molecule has 0 saturated carbocycles. The lowest BCUT2D eigenvalue weighted by molar-refractivity contribution is -0.139. The lowest BCUT2D eigenvalue weighted by Crippen LogP contribution is -2.44. The monoisotopic (exact) mass is 578 g/mol. The maximum atomic E-state index is 12.8. The Bertz CT molecular complexity index is 1180. The van der Waals surface area contributed by atoms with Crippen LogP contribution >= 0.6 is 34.4 Å². The molecule has 170 valence electrons. The van der Waals surface area contributed by atoms with Crippen molar-refractivity contribution >= 4 is 63.5 Å². The first kappa shape index (κ1) is 23.3. The molecule has 0 radical (unpaired) electrons. The number of imide groups is 1. The number of carbonyl (C=O) groups is 4. The molecule has 33 heavy (non-hydrogen) atoms. The van der Waals surface area contributed by atoms with E-state index in [0.717, 1.165) is 28.6 Å². The Labute approximate surface area is 207 Å². The van der Waals surface area contributed by atoms with Crippen LogP contribution in [0.3, 0.4) is 0 Å². The minimum Gasteiger partial charge on any atom is -0.481 e. The smallest absolute Gasteiger partial charge is 0.341 e. The third-order valence-electron chi connectivity index (χ3n) is 5.26. The highest BCUT2D eigenvalue weighted by Gasteiger charge is 2.37. The normalized spacial score (nSPS) is 16.8. The highest BCUT2D eigenvalue weighted by atomic mass is 127. The van der Waals surface area contributed by atoms with Crippen LogP contribution in [0.1, 0.15) is 16.7 Å². The number of halogens is 1. The molecule has 0 spiro atoms. The van der Waals surface area contributed by atoms with Gasteiger partial charge in [0.05, 0.1) is 8.48 Å². The second-order valence-electron chi connectivity index (χ2n) is 7.47. The Morgan fingerprint density at radius 2 is 1.91 bits per heavy atom. The first-order valence-electron chi connectivity index (χ1n) is 10.1. The molecule has 4 rings (SSSR count). The van der Waals surface area contributed by atoms with Crippen molar-refractivity contribution in [2.45, 2.75) is 13.0 Å². The molecule has 10 heteroatoms. The van der Waals surface area contributed by atoms with E-state index in [1.807, 2.05) is 46.9 Å². The zero-order valence-corrected chi connectivity index (χ0v) is 20.3. The van der Waals surface area contributed by atoms with E-state index in [0.29, 0.717) is 28.0 Å². The quantitative estimate of drug-likeness (QED) is 0.414. The van der Waals surface area contributed by atoms with Crippen LogP contribution < -0.4 is 4.74 Å². The molecule has 2 aliphatic rings. The Balaban J connectivity index is 1.42. The van der Waals surface area contributed by atoms with E-state index in [2.05, 4.69) is 0 Å². The Hall–Kier alpha value is -2.86. The minimum atomic E-state index is -1.08. The van der Waals surface area contributed by atoms with Crippen LogP contribution in [0, 0.1) is 3.57 Å². The minimum absolute atomic E-state index is 0.229. The maximum absolute atomic E-state index is 12.8. The number of amides is 3. The third-order valence-corrected chi connectivity index (χ3v) is 7.01. The van der Waals surface area contributed by atoms with Crippen molar-refractivity contribution in [3.8, 4) is 5.75 Å². The highest BCUT2D eigenvalue weighted by Crippen LogP contribution is 2.33. The summed E-state index contributed by atoms with van der Waals surface area (Å²) in [5.41, 5.74) is 2.95. The number of ether oxygens (including phenoxy) is 1. The fraction of sp³-hybridized carbons (Fsp3) is 0.217. The zero-order valence-electron chi connectivity index (χ0n) is 17.3. The number of hydrogen-bond acceptors (Lipinski definition) is 6. The molecule has 3 amide bonds. The Morgan fingerprint density at radius 3 is 2.64 bits per heavy atom. The van der Waals surface area contributed by atoms with Crippen LogP contribution in [-0.2, 0) is 27.3 Å². The molecule has 2 aromatic rings. The van der Waals surface area contributed by atoms with E-state index in [4.69, 9.17) is 9.84 Å². The molecule has 8 nitrogen and oxygen atoms in total. The van der Waals surface area contributed by atoms with Crippen molar-refractivity contribution in [2.24, 2.45) is 0 Å². The maximum Gasteiger partial charge on any atom is 0.341 e. The first-order valence-corrected chi connectivity index (χ1v) is 12.0. The average Bonchev–Trinajstić information content (AvgIpc) is 3.05. The molecule has 0 atom stereocenters. The number of hydrogen-bond donors (Lipinski definition) is 1. The lowest BCUT2D eigenvalue weighted by atomic mass is 10.00. The van der Waals surface area contributed by atoms with Gasteiger partial charge in [0, 0.05) is 13.1 Å². The van der Waals surface area contributed by atoms with Crippen molar-refractivity contribution in [1.82, 2.24) is 9.80 Å². The van der Waals surface area contributed by atoms with Crippen LogP contribution in [0.5, 0.6) is 5.75 Å². The number of benzene rings is 2. The first-order chi connectivity index (χ1) is 15.8. The van der Waals surface area contributed by atoms with Gasteiger partial charge in [-0.25, -0.2) is 4.79 Å². The largest absolute Gasteiger partial charge is 0.481 e. The van der Waals surface area contributed by atoms with Gasteiger partial charge in [0.1, 0.15) is 12.3 Å². The van der Waals surface area contributed by atoms with Crippen molar-refractivity contribution in [1.29, 1.82) is 0 Å². The van der Waals surface area contributed by atoms with Gasteiger partial charge in [-0.15, -0.1) is 0 Å². The van der Waals surface area contributed by atoms with E-state index < -0.39 is 23.7 Å². The van der Waals surface area contributed by atoms with Gasteiger partial charge in [0.15, 0.2) is 6.61 Å². The zero-order chi connectivity index (χ0) is 23.5. The summed E-state index contributed by atoms with van der Waals surface area (Å²) in [5.74, 6) is -1.43. The van der Waals surface area contributed by atoms with Gasteiger partial charge in [-0.3, -0.25) is 19.3 Å². The molecule has 1 N–H and O–H groups in total. The molecule has 2 aliphatic heterocycles. The Kier molecular flexibility index (Phi) is 7.03. The van der Waals surface area contributed by atoms with Gasteiger partial charge in [0.25, 0.3) is 11.1 Å². The fourth-order valence-corrected chi connectivity index (χ4v) is 5.13. The van der Waals surface area contributed by atoms with Gasteiger partial charge in [-0.1, -0.05) is 30.3 Å². The van der Waals surface area contributed by atoms with Crippen LogP contribution in [0.15, 0.2) is 47.4 Å².